The second-order valence-corrected chi connectivity index (χ2v) is 7.24. The van der Waals surface area contributed by atoms with E-state index in [-0.39, 0.29) is 24.5 Å². The average Bonchev–Trinajstić information content (AvgIpc) is 2.75. The van der Waals surface area contributed by atoms with Crippen molar-refractivity contribution in [3.63, 3.8) is 0 Å². The Kier molecular flexibility index (Phi) is 6.91. The number of benzene rings is 3. The first-order chi connectivity index (χ1) is 14.5. The highest BCUT2D eigenvalue weighted by atomic mass is 16.5. The van der Waals surface area contributed by atoms with Crippen molar-refractivity contribution < 1.29 is 19.1 Å². The zero-order chi connectivity index (χ0) is 21.5. The highest BCUT2D eigenvalue weighted by Gasteiger charge is 2.16. The highest BCUT2D eigenvalue weighted by Crippen LogP contribution is 2.26. The molecule has 0 radical (unpaired) electrons. The lowest BCUT2D eigenvalue weighted by atomic mass is 10.1. The summed E-state index contributed by atoms with van der Waals surface area (Å²) in [5.41, 5.74) is 1.34. The van der Waals surface area contributed by atoms with Crippen LogP contribution >= 0.6 is 0 Å². The summed E-state index contributed by atoms with van der Waals surface area (Å²) in [5.74, 6) is 0.633. The van der Waals surface area contributed by atoms with Crippen LogP contribution in [0.4, 0.5) is 0 Å². The maximum Gasteiger partial charge on any atom is 0.258 e. The van der Waals surface area contributed by atoms with E-state index in [1.807, 2.05) is 62.4 Å². The molecule has 2 amide bonds. The van der Waals surface area contributed by atoms with Gasteiger partial charge < -0.3 is 20.1 Å². The molecule has 0 aliphatic carbocycles. The monoisotopic (exact) mass is 406 g/mol. The largest absolute Gasteiger partial charge is 0.497 e. The first kappa shape index (κ1) is 21.2. The number of rotatable bonds is 8. The lowest BCUT2D eigenvalue weighted by molar-refractivity contribution is -0.123. The zero-order valence-corrected chi connectivity index (χ0v) is 17.4. The summed E-state index contributed by atoms with van der Waals surface area (Å²) in [6.07, 6.45) is 0. The van der Waals surface area contributed by atoms with Gasteiger partial charge in [-0.15, -0.1) is 0 Å². The van der Waals surface area contributed by atoms with E-state index in [1.165, 1.54) is 0 Å². The third-order valence-electron chi connectivity index (χ3n) is 4.51. The summed E-state index contributed by atoms with van der Waals surface area (Å²) >= 11 is 0. The fourth-order valence-electron chi connectivity index (χ4n) is 3.04. The van der Waals surface area contributed by atoms with Gasteiger partial charge in [-0.25, -0.2) is 0 Å². The van der Waals surface area contributed by atoms with Gasteiger partial charge in [0.15, 0.2) is 6.61 Å². The van der Waals surface area contributed by atoms with Gasteiger partial charge in [0.05, 0.1) is 12.7 Å². The van der Waals surface area contributed by atoms with Crippen molar-refractivity contribution in [3.8, 4) is 11.5 Å². The lowest BCUT2D eigenvalue weighted by Crippen LogP contribution is -2.34. The SMILES string of the molecule is COc1ccc(CNC(=O)c2cc3ccccc3cc2OCC(=O)NC(C)C)cc1. The van der Waals surface area contributed by atoms with E-state index >= 15 is 0 Å². The molecule has 0 fully saturated rings. The molecule has 6 heteroatoms. The number of carbonyl (C=O) groups excluding carboxylic acids is 2. The summed E-state index contributed by atoms with van der Waals surface area (Å²) in [6, 6.07) is 18.8. The third kappa shape index (κ3) is 5.50. The van der Waals surface area contributed by atoms with Gasteiger partial charge in [-0.3, -0.25) is 9.59 Å². The van der Waals surface area contributed by atoms with E-state index in [9.17, 15) is 9.59 Å². The number of hydrogen-bond donors (Lipinski definition) is 2. The molecule has 156 valence electrons. The van der Waals surface area contributed by atoms with E-state index in [4.69, 9.17) is 9.47 Å². The molecular formula is C24H26N2O4. The molecular weight excluding hydrogens is 380 g/mol. The molecule has 0 heterocycles. The Bertz CT molecular complexity index is 1030. The molecule has 3 rings (SSSR count). The number of hydrogen-bond acceptors (Lipinski definition) is 4. The molecule has 2 N–H and O–H groups in total. The molecule has 30 heavy (non-hydrogen) atoms. The minimum atomic E-state index is -0.268. The smallest absolute Gasteiger partial charge is 0.258 e. The van der Waals surface area contributed by atoms with Crippen LogP contribution in [0.2, 0.25) is 0 Å². The molecule has 0 bridgehead atoms. The van der Waals surface area contributed by atoms with E-state index in [0.29, 0.717) is 17.9 Å². The van der Waals surface area contributed by atoms with Crippen LogP contribution in [0, 0.1) is 0 Å². The second-order valence-electron chi connectivity index (χ2n) is 7.24. The Morgan fingerprint density at radius 3 is 2.27 bits per heavy atom. The minimum absolute atomic E-state index is 0.0185. The Morgan fingerprint density at radius 1 is 0.967 bits per heavy atom. The van der Waals surface area contributed by atoms with Crippen LogP contribution in [0.15, 0.2) is 60.7 Å². The first-order valence-electron chi connectivity index (χ1n) is 9.82. The molecule has 0 aromatic heterocycles. The van der Waals surface area contributed by atoms with Crippen LogP contribution in [-0.2, 0) is 11.3 Å². The number of ether oxygens (including phenoxy) is 2. The van der Waals surface area contributed by atoms with E-state index in [2.05, 4.69) is 10.6 Å². The zero-order valence-electron chi connectivity index (χ0n) is 17.4. The summed E-state index contributed by atoms with van der Waals surface area (Å²) in [7, 11) is 1.61. The molecule has 0 saturated carbocycles. The highest BCUT2D eigenvalue weighted by molar-refractivity contribution is 6.01. The van der Waals surface area contributed by atoms with Gasteiger partial charge in [-0.1, -0.05) is 36.4 Å². The molecule has 0 atom stereocenters. The average molecular weight is 406 g/mol. The van der Waals surface area contributed by atoms with Gasteiger partial charge in [0.1, 0.15) is 11.5 Å². The van der Waals surface area contributed by atoms with Crippen LogP contribution in [0.25, 0.3) is 10.8 Å². The van der Waals surface area contributed by atoms with Gasteiger partial charge in [-0.05, 0) is 54.4 Å². The minimum Gasteiger partial charge on any atom is -0.497 e. The number of fused-ring (bicyclic) bond motifs is 1. The van der Waals surface area contributed by atoms with Gasteiger partial charge in [0, 0.05) is 12.6 Å². The molecule has 0 spiro atoms. The van der Waals surface area contributed by atoms with Crippen LogP contribution in [0.5, 0.6) is 11.5 Å². The van der Waals surface area contributed by atoms with Crippen LogP contribution < -0.4 is 20.1 Å². The fraction of sp³-hybridized carbons (Fsp3) is 0.250. The number of amides is 2. The summed E-state index contributed by atoms with van der Waals surface area (Å²) in [4.78, 5) is 24.9. The first-order valence-corrected chi connectivity index (χ1v) is 9.82. The van der Waals surface area contributed by atoms with Gasteiger partial charge >= 0.3 is 0 Å². The second kappa shape index (κ2) is 9.78. The molecule has 0 aliphatic heterocycles. The molecule has 0 saturated heterocycles. The Labute approximate surface area is 176 Å². The normalized spacial score (nSPS) is 10.7. The summed E-state index contributed by atoms with van der Waals surface area (Å²) in [5, 5.41) is 7.55. The maximum absolute atomic E-state index is 12.9. The van der Waals surface area contributed by atoms with Crippen molar-refractivity contribution in [2.75, 3.05) is 13.7 Å². The predicted octanol–water partition coefficient (Wildman–Crippen LogP) is 3.68. The van der Waals surface area contributed by atoms with E-state index in [0.717, 1.165) is 22.1 Å². The van der Waals surface area contributed by atoms with Crippen LogP contribution in [-0.4, -0.2) is 31.6 Å². The lowest BCUT2D eigenvalue weighted by Gasteiger charge is -2.14. The fourth-order valence-corrected chi connectivity index (χ4v) is 3.04. The van der Waals surface area contributed by atoms with Gasteiger partial charge in [0.2, 0.25) is 0 Å². The topological polar surface area (TPSA) is 76.7 Å². The van der Waals surface area contributed by atoms with Crippen LogP contribution in [0.1, 0.15) is 29.8 Å². The van der Waals surface area contributed by atoms with Crippen molar-refractivity contribution in [1.82, 2.24) is 10.6 Å². The molecule has 3 aromatic rings. The van der Waals surface area contributed by atoms with Crippen molar-refractivity contribution in [2.24, 2.45) is 0 Å². The number of methoxy groups -OCH3 is 1. The number of nitrogens with one attached hydrogen (secondary N) is 2. The van der Waals surface area contributed by atoms with E-state index in [1.54, 1.807) is 19.2 Å². The van der Waals surface area contributed by atoms with Crippen molar-refractivity contribution in [1.29, 1.82) is 0 Å². The van der Waals surface area contributed by atoms with Crippen molar-refractivity contribution >= 4 is 22.6 Å². The molecule has 0 aliphatic rings. The Balaban J connectivity index is 1.78. The number of carbonyl (C=O) groups is 2. The quantitative estimate of drug-likeness (QED) is 0.598. The third-order valence-corrected chi connectivity index (χ3v) is 4.51. The standard InChI is InChI=1S/C24H26N2O4/c1-16(2)26-23(27)15-30-22-13-19-7-5-4-6-18(19)12-21(22)24(28)25-14-17-8-10-20(29-3)11-9-17/h4-13,16H,14-15H2,1-3H3,(H,25,28)(H,26,27). The van der Waals surface area contributed by atoms with Gasteiger partial charge in [0.25, 0.3) is 11.8 Å². The molecule has 6 nitrogen and oxygen atoms in total. The Hall–Kier alpha value is -3.54. The van der Waals surface area contributed by atoms with Crippen molar-refractivity contribution in [3.05, 3.63) is 71.8 Å². The van der Waals surface area contributed by atoms with E-state index < -0.39 is 0 Å². The maximum atomic E-state index is 12.9. The molecule has 0 unspecified atom stereocenters. The Morgan fingerprint density at radius 2 is 1.63 bits per heavy atom. The van der Waals surface area contributed by atoms with Gasteiger partial charge in [-0.2, -0.15) is 0 Å². The summed E-state index contributed by atoms with van der Waals surface area (Å²) in [6.45, 7) is 3.97. The van der Waals surface area contributed by atoms with Crippen molar-refractivity contribution in [2.45, 2.75) is 26.4 Å². The van der Waals surface area contributed by atoms with Crippen LogP contribution in [0.3, 0.4) is 0 Å². The predicted molar refractivity (Wildman–Crippen MR) is 117 cm³/mol. The summed E-state index contributed by atoms with van der Waals surface area (Å²) < 4.78 is 10.9. The molecule has 3 aromatic carbocycles.